The van der Waals surface area contributed by atoms with E-state index in [2.05, 4.69) is 0 Å². The van der Waals surface area contributed by atoms with Crippen molar-refractivity contribution in [1.82, 2.24) is 8.48 Å². The average Bonchev–Trinajstić information content (AvgIpc) is 2.64. The molecule has 0 saturated carbocycles. The molecule has 0 unspecified atom stereocenters. The van der Waals surface area contributed by atoms with E-state index >= 15 is 0 Å². The quantitative estimate of drug-likeness (QED) is 0.475. The summed E-state index contributed by atoms with van der Waals surface area (Å²) in [5, 5.41) is 0. The second-order valence-electron chi connectivity index (χ2n) is 4.83. The molecule has 0 saturated heterocycles. The summed E-state index contributed by atoms with van der Waals surface area (Å²) >= 11 is 9.59. The molecule has 0 aliphatic carbocycles. The fourth-order valence-corrected chi connectivity index (χ4v) is 3.23. The summed E-state index contributed by atoms with van der Waals surface area (Å²) in [5.74, 6) is 0. The second-order valence-corrected chi connectivity index (χ2v) is 12.3. The van der Waals surface area contributed by atoms with Crippen LogP contribution in [0, 0.1) is 13.8 Å². The predicted octanol–water partition coefficient (Wildman–Crippen LogP) is 4.23. The molecule has 0 bridgehead atoms. The molecular weight excluding hydrogens is 661 g/mol. The maximum atomic E-state index is 11.1. The Morgan fingerprint density at radius 2 is 0.889 bits per heavy atom. The number of rotatable bonds is 4. The van der Waals surface area contributed by atoms with Crippen molar-refractivity contribution in [1.29, 1.82) is 0 Å². The number of halogens is 4. The molecule has 0 radical (unpaired) electrons. The Balaban J connectivity index is 0.000000438. The molecule has 13 heteroatoms. The zero-order valence-electron chi connectivity index (χ0n) is 13.9. The minimum absolute atomic E-state index is 0.170. The van der Waals surface area contributed by atoms with E-state index < -0.39 is 36.5 Å². The van der Waals surface area contributed by atoms with E-state index in [1.54, 1.807) is 32.7 Å². The van der Waals surface area contributed by atoms with Gasteiger partial charge in [0.1, 0.15) is 0 Å². The van der Waals surface area contributed by atoms with Gasteiger partial charge in [-0.05, 0) is 61.7 Å². The first-order valence-corrected chi connectivity index (χ1v) is 16.1. The van der Waals surface area contributed by atoms with Crippen molar-refractivity contribution >= 4 is 62.4 Å². The van der Waals surface area contributed by atoms with Crippen LogP contribution in [0.4, 0.5) is 0 Å². The van der Waals surface area contributed by atoms with Crippen LogP contribution in [0.1, 0.15) is 11.1 Å². The van der Waals surface area contributed by atoms with Gasteiger partial charge in [0.2, 0.25) is 0 Å². The van der Waals surface area contributed by atoms with Crippen molar-refractivity contribution in [3.05, 3.63) is 59.7 Å². The number of nitrogens with one attached hydrogen (secondary N) is 2. The molecule has 0 heterocycles. The molecule has 0 spiro atoms. The molecule has 156 valence electrons. The normalized spacial score (nSPS) is 11.0. The molecule has 0 fully saturated rings. The van der Waals surface area contributed by atoms with Crippen LogP contribution in [0.5, 0.6) is 0 Å². The molecule has 2 aromatic rings. The van der Waals surface area contributed by atoms with Crippen molar-refractivity contribution in [3.8, 4) is 0 Å². The van der Waals surface area contributed by atoms with Crippen LogP contribution in [0.2, 0.25) is 0 Å². The van der Waals surface area contributed by atoms with Crippen LogP contribution in [0.25, 0.3) is 0 Å². The molecule has 0 aliphatic rings. The SMILES string of the molecule is Cc1ccc(S(=O)(=O)NCl)cc1.Cc1ccc(S(=O)(=O)NCl)cc1.[Cl][Pt][Cl]. The van der Waals surface area contributed by atoms with Gasteiger partial charge in [-0.25, -0.2) is 16.8 Å². The van der Waals surface area contributed by atoms with Gasteiger partial charge in [-0.15, -0.1) is 8.48 Å². The van der Waals surface area contributed by atoms with E-state index in [-0.39, 0.29) is 9.79 Å². The van der Waals surface area contributed by atoms with Crippen molar-refractivity contribution in [3.63, 3.8) is 0 Å². The summed E-state index contributed by atoms with van der Waals surface area (Å²) in [4.78, 5) is 0.339. The third-order valence-corrected chi connectivity index (χ3v) is 6.28. The summed E-state index contributed by atoms with van der Waals surface area (Å²) in [6.45, 7) is 3.76. The summed E-state index contributed by atoms with van der Waals surface area (Å²) in [6, 6.07) is 12.8. The van der Waals surface area contributed by atoms with Crippen LogP contribution >= 0.6 is 42.4 Å². The molecule has 0 aliphatic heterocycles. The first-order chi connectivity index (χ1) is 12.5. The second kappa shape index (κ2) is 13.4. The molecular formula is C14H16Cl4N2O4PtS2. The fourth-order valence-electron chi connectivity index (χ4n) is 1.52. The minimum atomic E-state index is -3.50. The van der Waals surface area contributed by atoms with Crippen molar-refractivity contribution in [2.75, 3.05) is 0 Å². The molecule has 2 rings (SSSR count). The van der Waals surface area contributed by atoms with Gasteiger partial charge in [0.15, 0.2) is 0 Å². The zero-order chi connectivity index (χ0) is 21.1. The Kier molecular flexibility index (Phi) is 13.4. The number of hydrogen-bond donors (Lipinski definition) is 2. The molecule has 0 amide bonds. The predicted molar refractivity (Wildman–Crippen MR) is 106 cm³/mol. The van der Waals surface area contributed by atoms with Crippen LogP contribution < -0.4 is 8.48 Å². The van der Waals surface area contributed by atoms with Gasteiger partial charge in [-0.1, -0.05) is 35.4 Å². The number of hydrogen-bond acceptors (Lipinski definition) is 4. The summed E-state index contributed by atoms with van der Waals surface area (Å²) in [5.41, 5.74) is 2.01. The molecule has 27 heavy (non-hydrogen) atoms. The Labute approximate surface area is 186 Å². The van der Waals surface area contributed by atoms with Crippen molar-refractivity contribution < 1.29 is 33.3 Å². The first kappa shape index (κ1) is 27.1. The van der Waals surface area contributed by atoms with Crippen LogP contribution in [0.3, 0.4) is 0 Å². The fraction of sp³-hybridized carbons (Fsp3) is 0.143. The van der Waals surface area contributed by atoms with Gasteiger partial charge in [0, 0.05) is 0 Å². The van der Waals surface area contributed by atoms with Gasteiger partial charge in [-0.2, -0.15) is 0 Å². The molecule has 2 aromatic carbocycles. The van der Waals surface area contributed by atoms with Gasteiger partial charge >= 0.3 is 35.3 Å². The van der Waals surface area contributed by atoms with E-state index in [1.807, 2.05) is 13.8 Å². The van der Waals surface area contributed by atoms with E-state index in [9.17, 15) is 16.8 Å². The molecule has 0 atom stereocenters. The summed E-state index contributed by atoms with van der Waals surface area (Å²) < 4.78 is 47.7. The summed E-state index contributed by atoms with van der Waals surface area (Å²) in [7, 11) is 2.75. The van der Waals surface area contributed by atoms with E-state index in [0.29, 0.717) is 0 Å². The van der Waals surface area contributed by atoms with E-state index in [0.717, 1.165) is 11.1 Å². The Hall–Kier alpha value is 0.108. The van der Waals surface area contributed by atoms with E-state index in [1.165, 1.54) is 24.3 Å². The molecule has 2 N–H and O–H groups in total. The molecule has 6 nitrogen and oxygen atoms in total. The number of benzene rings is 2. The Morgan fingerprint density at radius 1 is 0.667 bits per heavy atom. The van der Waals surface area contributed by atoms with Crippen LogP contribution in [-0.4, -0.2) is 16.8 Å². The molecule has 0 aromatic heterocycles. The van der Waals surface area contributed by atoms with E-state index in [4.69, 9.17) is 42.4 Å². The average molecular weight is 677 g/mol. The van der Waals surface area contributed by atoms with Crippen molar-refractivity contribution in [2.45, 2.75) is 23.6 Å². The Morgan fingerprint density at radius 3 is 1.07 bits per heavy atom. The monoisotopic (exact) mass is 675 g/mol. The standard InChI is InChI=1S/2C7H8ClNO2S.2ClH.Pt/c2*1-6-2-4-7(5-3-6)12(10,11)9-8;;;/h2*2-5,9H,1H3;2*1H;/q;;;;+2/p-2. The van der Waals surface area contributed by atoms with Crippen LogP contribution in [-0.2, 0) is 36.5 Å². The summed E-state index contributed by atoms with van der Waals surface area (Å²) in [6.07, 6.45) is 0. The van der Waals surface area contributed by atoms with Gasteiger partial charge in [0.25, 0.3) is 20.0 Å². The Bertz CT molecular complexity index is 818. The third-order valence-electron chi connectivity index (χ3n) is 2.87. The van der Waals surface area contributed by atoms with Crippen molar-refractivity contribution in [2.24, 2.45) is 0 Å². The van der Waals surface area contributed by atoms with Gasteiger partial charge in [0.05, 0.1) is 9.79 Å². The third kappa shape index (κ3) is 10.4. The topological polar surface area (TPSA) is 92.3 Å². The van der Waals surface area contributed by atoms with Crippen LogP contribution in [0.15, 0.2) is 58.3 Å². The zero-order valence-corrected chi connectivity index (χ0v) is 20.8. The van der Waals surface area contributed by atoms with Gasteiger partial charge < -0.3 is 0 Å². The first-order valence-electron chi connectivity index (χ1n) is 6.74. The number of sulfonamides is 2. The maximum absolute atomic E-state index is 11.1. The number of aryl methyl sites for hydroxylation is 2. The van der Waals surface area contributed by atoms with Gasteiger partial charge in [-0.3, -0.25) is 0 Å².